The average Bonchev–Trinajstić information content (AvgIpc) is 3.03. The molecule has 4 amide bonds. The van der Waals surface area contributed by atoms with Crippen molar-refractivity contribution in [3.63, 3.8) is 0 Å². The highest BCUT2D eigenvalue weighted by molar-refractivity contribution is 5.95. The molecule has 0 aliphatic heterocycles. The topological polar surface area (TPSA) is 257 Å². The molecule has 2 aromatic rings. The van der Waals surface area contributed by atoms with E-state index in [0.29, 0.717) is 37.8 Å². The van der Waals surface area contributed by atoms with Crippen LogP contribution < -0.4 is 44.2 Å². The van der Waals surface area contributed by atoms with Crippen LogP contribution in [-0.4, -0.2) is 66.6 Å². The zero-order valence-corrected chi connectivity index (χ0v) is 27.3. The first-order valence-corrected chi connectivity index (χ1v) is 15.8. The first-order valence-electron chi connectivity index (χ1n) is 15.8. The van der Waals surface area contributed by atoms with Crippen LogP contribution in [-0.2, 0) is 32.1 Å². The number of aliphatic imine (C=N–C) groups is 1. The van der Waals surface area contributed by atoms with Gasteiger partial charge >= 0.3 is 0 Å². The highest BCUT2D eigenvalue weighted by Gasteiger charge is 2.31. The summed E-state index contributed by atoms with van der Waals surface area (Å²) in [7, 11) is 0. The van der Waals surface area contributed by atoms with Crippen molar-refractivity contribution in [3.05, 3.63) is 71.3 Å². The lowest BCUT2D eigenvalue weighted by Crippen LogP contribution is -2.58. The van der Waals surface area contributed by atoms with Gasteiger partial charge in [-0.1, -0.05) is 68.4 Å². The minimum atomic E-state index is -0.988. The number of hydrogen-bond donors (Lipinski definition) is 9. The number of benzene rings is 2. The van der Waals surface area contributed by atoms with Gasteiger partial charge in [0, 0.05) is 18.7 Å². The summed E-state index contributed by atoms with van der Waals surface area (Å²) in [6.07, 6.45) is 2.36. The molecule has 14 nitrogen and oxygen atoms in total. The number of nitrogen functional groups attached to an aromatic ring is 1. The molecule has 0 bridgehead atoms. The van der Waals surface area contributed by atoms with E-state index >= 15 is 0 Å². The van der Waals surface area contributed by atoms with Gasteiger partial charge in [-0.15, -0.1) is 0 Å². The van der Waals surface area contributed by atoms with E-state index in [2.05, 4.69) is 26.3 Å². The van der Waals surface area contributed by atoms with E-state index in [4.69, 9.17) is 28.3 Å². The first-order chi connectivity index (χ1) is 22.4. The van der Waals surface area contributed by atoms with Crippen molar-refractivity contribution in [2.24, 2.45) is 33.8 Å². The first kappa shape index (κ1) is 38.2. The van der Waals surface area contributed by atoms with E-state index in [1.807, 2.05) is 30.3 Å². The second-order valence-electron chi connectivity index (χ2n) is 11.6. The Morgan fingerprint density at radius 2 is 1.40 bits per heavy atom. The third kappa shape index (κ3) is 14.3. The van der Waals surface area contributed by atoms with Crippen molar-refractivity contribution >= 4 is 35.4 Å². The number of amidine groups is 1. The molecule has 0 aliphatic rings. The molecular formula is C33H50N10O4. The minimum absolute atomic E-state index is 0.0626. The molecule has 0 fully saturated rings. The third-order valence-electron chi connectivity index (χ3n) is 7.36. The van der Waals surface area contributed by atoms with Crippen molar-refractivity contribution in [1.29, 1.82) is 5.41 Å². The van der Waals surface area contributed by atoms with Gasteiger partial charge in [0.05, 0.1) is 6.42 Å². The van der Waals surface area contributed by atoms with Crippen LogP contribution in [0, 0.1) is 11.3 Å². The molecule has 0 saturated heterocycles. The standard InChI is InChI=1S/C33H50N10O4/c1-21(2)28(43-31(46)26(11-6-7-17-34)41-27(44)19-22-9-4-3-5-10-22)32(47)42-25(12-8-18-39-33(37)38)30(45)40-20-23-13-15-24(16-14-23)29(35)36/h3-5,9-10,13-16,21,25-26,28H,6-8,11-12,17-20,34H2,1-2H3,(H3,35,36)(H,40,45)(H,41,44)(H,42,47)(H,43,46)(H4,37,38,39)/t25-,26-,28?/m0/s1. The summed E-state index contributed by atoms with van der Waals surface area (Å²) in [5.74, 6) is -2.27. The minimum Gasteiger partial charge on any atom is -0.384 e. The molecular weight excluding hydrogens is 600 g/mol. The number of hydrogen-bond acceptors (Lipinski definition) is 7. The molecule has 2 aromatic carbocycles. The van der Waals surface area contributed by atoms with Crippen molar-refractivity contribution in [2.75, 3.05) is 13.1 Å². The summed E-state index contributed by atoms with van der Waals surface area (Å²) in [5.41, 5.74) is 24.2. The number of nitrogens with zero attached hydrogens (tertiary/aromatic N) is 1. The number of rotatable bonds is 20. The smallest absolute Gasteiger partial charge is 0.243 e. The van der Waals surface area contributed by atoms with Crippen molar-refractivity contribution in [1.82, 2.24) is 21.3 Å². The van der Waals surface area contributed by atoms with Gasteiger partial charge in [0.25, 0.3) is 0 Å². The van der Waals surface area contributed by atoms with Gasteiger partial charge in [0.15, 0.2) is 5.96 Å². The second kappa shape index (κ2) is 20.2. The van der Waals surface area contributed by atoms with Crippen LogP contribution >= 0.6 is 0 Å². The molecule has 0 spiro atoms. The zero-order chi connectivity index (χ0) is 34.8. The van der Waals surface area contributed by atoms with E-state index in [1.165, 1.54) is 0 Å². The molecule has 1 unspecified atom stereocenters. The second-order valence-corrected chi connectivity index (χ2v) is 11.6. The maximum absolute atomic E-state index is 13.6. The fourth-order valence-electron chi connectivity index (χ4n) is 4.73. The Bertz CT molecular complexity index is 1340. The predicted molar refractivity (Wildman–Crippen MR) is 183 cm³/mol. The molecule has 13 N–H and O–H groups in total. The summed E-state index contributed by atoms with van der Waals surface area (Å²) in [6.45, 7) is 4.43. The van der Waals surface area contributed by atoms with Gasteiger partial charge in [0.2, 0.25) is 23.6 Å². The Morgan fingerprint density at radius 1 is 0.766 bits per heavy atom. The molecule has 0 aliphatic carbocycles. The van der Waals surface area contributed by atoms with Crippen molar-refractivity contribution in [3.8, 4) is 0 Å². The van der Waals surface area contributed by atoms with Crippen LogP contribution in [0.1, 0.15) is 62.6 Å². The van der Waals surface area contributed by atoms with Gasteiger partial charge < -0.3 is 44.2 Å². The molecule has 0 radical (unpaired) electrons. The lowest BCUT2D eigenvalue weighted by molar-refractivity contribution is -0.134. The maximum Gasteiger partial charge on any atom is 0.243 e. The van der Waals surface area contributed by atoms with Crippen LogP contribution in [0.3, 0.4) is 0 Å². The van der Waals surface area contributed by atoms with Crippen LogP contribution in [0.4, 0.5) is 0 Å². The number of amides is 4. The highest BCUT2D eigenvalue weighted by Crippen LogP contribution is 2.10. The zero-order valence-electron chi connectivity index (χ0n) is 27.3. The molecule has 2 rings (SSSR count). The molecule has 47 heavy (non-hydrogen) atoms. The van der Waals surface area contributed by atoms with Crippen molar-refractivity contribution < 1.29 is 19.2 Å². The van der Waals surface area contributed by atoms with E-state index in [9.17, 15) is 19.2 Å². The molecule has 0 aromatic heterocycles. The number of guanidine groups is 1. The fraction of sp³-hybridized carbons (Fsp3) is 0.455. The van der Waals surface area contributed by atoms with E-state index in [1.54, 1.807) is 38.1 Å². The number of carbonyl (C=O) groups is 4. The summed E-state index contributed by atoms with van der Waals surface area (Å²) in [5, 5.41) is 18.8. The van der Waals surface area contributed by atoms with Crippen LogP contribution in [0.5, 0.6) is 0 Å². The van der Waals surface area contributed by atoms with E-state index < -0.39 is 35.8 Å². The Hall–Kier alpha value is -4.98. The number of unbranched alkanes of at least 4 members (excludes halogenated alkanes) is 1. The van der Waals surface area contributed by atoms with E-state index in [0.717, 1.165) is 11.1 Å². The summed E-state index contributed by atoms with van der Waals surface area (Å²) in [4.78, 5) is 57.2. The number of nitrogens with one attached hydrogen (secondary N) is 5. The average molecular weight is 651 g/mol. The van der Waals surface area contributed by atoms with Gasteiger partial charge in [0.1, 0.15) is 24.0 Å². The SMILES string of the molecule is CC(C)C(NC(=O)[C@H](CCCCN)NC(=O)Cc1ccccc1)C(=O)N[C@@H](CCCN=C(N)N)C(=O)NCc1ccc(C(=N)N)cc1. The normalized spacial score (nSPS) is 12.7. The largest absolute Gasteiger partial charge is 0.384 e. The Morgan fingerprint density at radius 3 is 2.00 bits per heavy atom. The fourth-order valence-corrected chi connectivity index (χ4v) is 4.73. The van der Waals surface area contributed by atoms with Crippen LogP contribution in [0.15, 0.2) is 59.6 Å². The summed E-state index contributed by atoms with van der Waals surface area (Å²) < 4.78 is 0. The van der Waals surface area contributed by atoms with Crippen molar-refractivity contribution in [2.45, 2.75) is 77.0 Å². The highest BCUT2D eigenvalue weighted by atomic mass is 16.2. The third-order valence-corrected chi connectivity index (χ3v) is 7.36. The van der Waals surface area contributed by atoms with Gasteiger partial charge in [-0.3, -0.25) is 29.6 Å². The Balaban J connectivity index is 2.14. The molecule has 3 atom stereocenters. The predicted octanol–water partition coefficient (Wildman–Crippen LogP) is 0.123. The molecule has 0 heterocycles. The van der Waals surface area contributed by atoms with Gasteiger partial charge in [-0.25, -0.2) is 0 Å². The monoisotopic (exact) mass is 650 g/mol. The lowest BCUT2D eigenvalue weighted by atomic mass is 10.0. The van der Waals surface area contributed by atoms with Gasteiger partial charge in [-0.2, -0.15) is 0 Å². The quantitative estimate of drug-likeness (QED) is 0.0539. The summed E-state index contributed by atoms with van der Waals surface area (Å²) >= 11 is 0. The molecule has 14 heteroatoms. The maximum atomic E-state index is 13.6. The lowest BCUT2D eigenvalue weighted by Gasteiger charge is -2.27. The summed E-state index contributed by atoms with van der Waals surface area (Å²) in [6, 6.07) is 13.2. The van der Waals surface area contributed by atoms with Gasteiger partial charge in [-0.05, 0) is 55.7 Å². The Kier molecular flexibility index (Phi) is 16.4. The molecule has 0 saturated carbocycles. The number of nitrogens with two attached hydrogens (primary N) is 4. The number of carbonyl (C=O) groups excluding carboxylic acids is 4. The Labute approximate surface area is 276 Å². The van der Waals surface area contributed by atoms with Crippen LogP contribution in [0.25, 0.3) is 0 Å². The van der Waals surface area contributed by atoms with E-state index in [-0.39, 0.29) is 49.6 Å². The molecule has 256 valence electrons. The van der Waals surface area contributed by atoms with Crippen LogP contribution in [0.2, 0.25) is 0 Å².